The zero-order valence-electron chi connectivity index (χ0n) is 11.9. The van der Waals surface area contributed by atoms with E-state index in [1.807, 2.05) is 0 Å². The maximum absolute atomic E-state index is 11.3. The van der Waals surface area contributed by atoms with E-state index < -0.39 is 11.0 Å². The lowest BCUT2D eigenvalue weighted by Crippen LogP contribution is -2.52. The zero-order chi connectivity index (χ0) is 13.2. The Balaban J connectivity index is 2.00. The van der Waals surface area contributed by atoms with Gasteiger partial charge in [-0.3, -0.25) is 0 Å². The van der Waals surface area contributed by atoms with Gasteiger partial charge in [0.15, 0.2) is 0 Å². The Morgan fingerprint density at radius 2 is 1.94 bits per heavy atom. The number of fused-ring (bicyclic) bond motifs is 2. The molecule has 0 amide bonds. The molecule has 0 heterocycles. The van der Waals surface area contributed by atoms with Gasteiger partial charge in [-0.2, -0.15) is 5.26 Å². The Bertz CT molecular complexity index is 410. The van der Waals surface area contributed by atoms with E-state index in [9.17, 15) is 10.4 Å². The summed E-state index contributed by atoms with van der Waals surface area (Å²) in [6, 6.07) is 2.61. The quantitative estimate of drug-likeness (QED) is 0.770. The molecule has 3 fully saturated rings. The third-order valence-electron chi connectivity index (χ3n) is 6.24. The summed E-state index contributed by atoms with van der Waals surface area (Å²) >= 11 is 0. The van der Waals surface area contributed by atoms with Crippen LogP contribution in [0.25, 0.3) is 0 Å². The minimum atomic E-state index is -0.745. The number of hydrogen-bond donors (Lipinski definition) is 1. The number of aliphatic hydroxyl groups is 1. The second kappa shape index (κ2) is 3.51. The van der Waals surface area contributed by atoms with E-state index in [1.165, 1.54) is 12.8 Å². The lowest BCUT2D eigenvalue weighted by atomic mass is 9.59. The summed E-state index contributed by atoms with van der Waals surface area (Å²) in [5.41, 5.74) is -1.01. The smallest absolute Gasteiger partial charge is 0.0893 e. The lowest BCUT2D eigenvalue weighted by molar-refractivity contribution is -0.108. The molecule has 3 aliphatic rings. The van der Waals surface area contributed by atoms with Crippen molar-refractivity contribution in [3.05, 3.63) is 0 Å². The van der Waals surface area contributed by atoms with Crippen LogP contribution in [0.3, 0.4) is 0 Å². The minimum absolute atomic E-state index is 0.180. The molecule has 0 aromatic heterocycles. The molecule has 5 atom stereocenters. The molecule has 2 bridgehead atoms. The van der Waals surface area contributed by atoms with E-state index in [-0.39, 0.29) is 11.3 Å². The van der Waals surface area contributed by atoms with E-state index >= 15 is 0 Å². The van der Waals surface area contributed by atoms with Crippen molar-refractivity contribution in [1.29, 1.82) is 5.26 Å². The first-order valence-electron chi connectivity index (χ1n) is 7.47. The molecule has 1 N–H and O–H groups in total. The predicted molar refractivity (Wildman–Crippen MR) is 70.6 cm³/mol. The highest BCUT2D eigenvalue weighted by Gasteiger charge is 2.66. The maximum atomic E-state index is 11.3. The Morgan fingerprint density at radius 3 is 2.33 bits per heavy atom. The first-order chi connectivity index (χ1) is 8.33. The molecule has 0 spiro atoms. The van der Waals surface area contributed by atoms with Crippen LogP contribution >= 0.6 is 0 Å². The van der Waals surface area contributed by atoms with Gasteiger partial charge in [0.05, 0.1) is 17.1 Å². The summed E-state index contributed by atoms with van der Waals surface area (Å²) < 4.78 is 0. The van der Waals surface area contributed by atoms with Crippen molar-refractivity contribution in [2.75, 3.05) is 0 Å². The van der Waals surface area contributed by atoms with Gasteiger partial charge in [0, 0.05) is 0 Å². The van der Waals surface area contributed by atoms with Gasteiger partial charge in [0.25, 0.3) is 0 Å². The van der Waals surface area contributed by atoms with Crippen molar-refractivity contribution in [2.45, 2.75) is 64.9 Å². The molecule has 2 heteroatoms. The topological polar surface area (TPSA) is 44.0 Å². The van der Waals surface area contributed by atoms with E-state index in [0.29, 0.717) is 11.8 Å². The molecule has 0 aromatic rings. The van der Waals surface area contributed by atoms with Gasteiger partial charge in [0.1, 0.15) is 0 Å². The molecular weight excluding hydrogens is 222 g/mol. The van der Waals surface area contributed by atoms with Gasteiger partial charge < -0.3 is 5.11 Å². The van der Waals surface area contributed by atoms with Crippen LogP contribution in [-0.2, 0) is 0 Å². The molecule has 100 valence electrons. The average Bonchev–Trinajstić information content (AvgIpc) is 2.91. The monoisotopic (exact) mass is 247 g/mol. The van der Waals surface area contributed by atoms with Crippen LogP contribution in [0.4, 0.5) is 0 Å². The van der Waals surface area contributed by atoms with Gasteiger partial charge in [-0.25, -0.2) is 0 Å². The highest BCUT2D eigenvalue weighted by atomic mass is 16.3. The third kappa shape index (κ3) is 1.37. The van der Waals surface area contributed by atoms with Gasteiger partial charge in [0.2, 0.25) is 0 Å². The molecule has 0 aliphatic heterocycles. The van der Waals surface area contributed by atoms with Gasteiger partial charge >= 0.3 is 0 Å². The first-order valence-corrected chi connectivity index (χ1v) is 7.47. The van der Waals surface area contributed by atoms with E-state index in [2.05, 4.69) is 26.8 Å². The van der Waals surface area contributed by atoms with Crippen molar-refractivity contribution in [1.82, 2.24) is 0 Å². The summed E-state index contributed by atoms with van der Waals surface area (Å²) in [4.78, 5) is 0. The SMILES string of the molecule is CC1CC(C)(C)CC1(O)C1(C#N)CC2CCC1C2. The largest absolute Gasteiger partial charge is 0.388 e. The summed E-state index contributed by atoms with van der Waals surface area (Å²) in [6.07, 6.45) is 6.42. The molecule has 2 nitrogen and oxygen atoms in total. The van der Waals surface area contributed by atoms with Crippen molar-refractivity contribution in [3.8, 4) is 6.07 Å². The fraction of sp³-hybridized carbons (Fsp3) is 0.938. The average molecular weight is 247 g/mol. The third-order valence-corrected chi connectivity index (χ3v) is 6.24. The van der Waals surface area contributed by atoms with Crippen LogP contribution in [0.1, 0.15) is 59.3 Å². The molecule has 3 saturated carbocycles. The summed E-state index contributed by atoms with van der Waals surface area (Å²) in [5.74, 6) is 1.41. The molecule has 18 heavy (non-hydrogen) atoms. The van der Waals surface area contributed by atoms with Crippen molar-refractivity contribution >= 4 is 0 Å². The second-order valence-corrected chi connectivity index (χ2v) is 8.03. The van der Waals surface area contributed by atoms with E-state index in [4.69, 9.17) is 0 Å². The molecule has 0 aromatic carbocycles. The molecular formula is C16H25NO. The molecule has 0 saturated heterocycles. The fourth-order valence-electron chi connectivity index (χ4n) is 5.67. The van der Waals surface area contributed by atoms with Crippen LogP contribution in [-0.4, -0.2) is 10.7 Å². The summed E-state index contributed by atoms with van der Waals surface area (Å²) in [7, 11) is 0. The lowest BCUT2D eigenvalue weighted by Gasteiger charge is -2.46. The number of hydrogen-bond acceptors (Lipinski definition) is 2. The molecule has 5 unspecified atom stereocenters. The van der Waals surface area contributed by atoms with Crippen LogP contribution in [0.2, 0.25) is 0 Å². The minimum Gasteiger partial charge on any atom is -0.388 e. The van der Waals surface area contributed by atoms with Crippen molar-refractivity contribution in [3.63, 3.8) is 0 Å². The van der Waals surface area contributed by atoms with Crippen LogP contribution in [0.5, 0.6) is 0 Å². The van der Waals surface area contributed by atoms with E-state index in [1.54, 1.807) is 0 Å². The van der Waals surface area contributed by atoms with Gasteiger partial charge in [-0.1, -0.05) is 27.2 Å². The Kier molecular flexibility index (Phi) is 2.43. The highest BCUT2D eigenvalue weighted by molar-refractivity contribution is 5.23. The predicted octanol–water partition coefficient (Wildman–Crippen LogP) is 3.50. The van der Waals surface area contributed by atoms with Crippen molar-refractivity contribution < 1.29 is 5.11 Å². The van der Waals surface area contributed by atoms with Crippen LogP contribution < -0.4 is 0 Å². The maximum Gasteiger partial charge on any atom is 0.0893 e. The summed E-state index contributed by atoms with van der Waals surface area (Å²) in [5, 5.41) is 21.2. The highest BCUT2D eigenvalue weighted by Crippen LogP contribution is 2.66. The molecule has 0 radical (unpaired) electrons. The van der Waals surface area contributed by atoms with Gasteiger partial charge in [-0.05, 0) is 55.3 Å². The number of nitrogens with zero attached hydrogens (tertiary/aromatic N) is 1. The number of rotatable bonds is 1. The van der Waals surface area contributed by atoms with E-state index in [0.717, 1.165) is 25.7 Å². The number of nitriles is 1. The molecule has 3 aliphatic carbocycles. The second-order valence-electron chi connectivity index (χ2n) is 8.03. The van der Waals surface area contributed by atoms with Crippen LogP contribution in [0, 0.1) is 39.9 Å². The standard InChI is InChI=1S/C16H25NO/c1-11-7-14(2,3)9-16(11,18)15(10-17)8-12-4-5-13(15)6-12/h11-13,18H,4-9H2,1-3H3. The fourth-order valence-corrected chi connectivity index (χ4v) is 5.67. The Labute approximate surface area is 110 Å². The normalized spacial score (nSPS) is 53.6. The Morgan fingerprint density at radius 1 is 1.22 bits per heavy atom. The molecule has 3 rings (SSSR count). The van der Waals surface area contributed by atoms with Crippen LogP contribution in [0.15, 0.2) is 0 Å². The first kappa shape index (κ1) is 12.5. The summed E-state index contributed by atoms with van der Waals surface area (Å²) in [6.45, 7) is 6.62. The zero-order valence-corrected chi connectivity index (χ0v) is 11.9. The Hall–Kier alpha value is -0.550. The van der Waals surface area contributed by atoms with Gasteiger partial charge in [-0.15, -0.1) is 0 Å². The van der Waals surface area contributed by atoms with Crippen molar-refractivity contribution in [2.24, 2.45) is 28.6 Å².